The SMILES string of the molecule is Cc1sc(C)c2c1C(=O)N(c1ccc3ccccc3c1)C2=O. The number of aryl methyl sites for hydroxylation is 2. The molecule has 22 heavy (non-hydrogen) atoms. The van der Waals surface area contributed by atoms with Crippen molar-refractivity contribution in [2.75, 3.05) is 4.90 Å². The van der Waals surface area contributed by atoms with Crippen LogP contribution in [0.1, 0.15) is 30.5 Å². The number of thiophene rings is 1. The zero-order valence-electron chi connectivity index (χ0n) is 12.2. The summed E-state index contributed by atoms with van der Waals surface area (Å²) in [5.41, 5.74) is 1.77. The van der Waals surface area contributed by atoms with E-state index in [4.69, 9.17) is 0 Å². The highest BCUT2D eigenvalue weighted by atomic mass is 32.1. The van der Waals surface area contributed by atoms with Crippen LogP contribution in [-0.2, 0) is 0 Å². The Morgan fingerprint density at radius 3 is 2.05 bits per heavy atom. The van der Waals surface area contributed by atoms with E-state index in [0.717, 1.165) is 20.5 Å². The molecule has 0 saturated carbocycles. The zero-order valence-corrected chi connectivity index (χ0v) is 13.0. The lowest BCUT2D eigenvalue weighted by Gasteiger charge is -2.15. The number of imide groups is 1. The third kappa shape index (κ3) is 1.67. The normalized spacial score (nSPS) is 14.0. The molecule has 108 valence electrons. The van der Waals surface area contributed by atoms with E-state index in [0.29, 0.717) is 16.8 Å². The first-order valence-corrected chi connectivity index (χ1v) is 7.87. The summed E-state index contributed by atoms with van der Waals surface area (Å²) >= 11 is 1.51. The molecule has 0 fully saturated rings. The van der Waals surface area contributed by atoms with Gasteiger partial charge in [0.1, 0.15) is 0 Å². The van der Waals surface area contributed by atoms with Gasteiger partial charge in [0.15, 0.2) is 0 Å². The molecule has 2 amide bonds. The average Bonchev–Trinajstić information content (AvgIpc) is 2.95. The number of anilines is 1. The van der Waals surface area contributed by atoms with Crippen LogP contribution in [0.4, 0.5) is 5.69 Å². The summed E-state index contributed by atoms with van der Waals surface area (Å²) < 4.78 is 0. The summed E-state index contributed by atoms with van der Waals surface area (Å²) in [4.78, 5) is 28.5. The van der Waals surface area contributed by atoms with Crippen molar-refractivity contribution < 1.29 is 9.59 Å². The molecule has 2 heterocycles. The van der Waals surface area contributed by atoms with Gasteiger partial charge in [-0.3, -0.25) is 9.59 Å². The van der Waals surface area contributed by atoms with Gasteiger partial charge < -0.3 is 0 Å². The highest BCUT2D eigenvalue weighted by Gasteiger charge is 2.40. The summed E-state index contributed by atoms with van der Waals surface area (Å²) in [6.45, 7) is 3.79. The van der Waals surface area contributed by atoms with Gasteiger partial charge in [-0.15, -0.1) is 11.3 Å². The molecule has 4 rings (SSSR count). The van der Waals surface area contributed by atoms with Crippen LogP contribution in [-0.4, -0.2) is 11.8 Å². The number of nitrogens with zero attached hydrogens (tertiary/aromatic N) is 1. The van der Waals surface area contributed by atoms with Gasteiger partial charge in [-0.1, -0.05) is 30.3 Å². The molecular weight excluding hydrogens is 294 g/mol. The number of carbonyl (C=O) groups excluding carboxylic acids is 2. The van der Waals surface area contributed by atoms with Crippen molar-refractivity contribution >= 4 is 39.6 Å². The summed E-state index contributed by atoms with van der Waals surface area (Å²) in [5, 5.41) is 2.11. The van der Waals surface area contributed by atoms with Crippen LogP contribution in [0.5, 0.6) is 0 Å². The molecule has 1 aliphatic rings. The van der Waals surface area contributed by atoms with Crippen LogP contribution < -0.4 is 4.90 Å². The van der Waals surface area contributed by atoms with Crippen LogP contribution in [0.2, 0.25) is 0 Å². The largest absolute Gasteiger partial charge is 0.268 e. The average molecular weight is 307 g/mol. The van der Waals surface area contributed by atoms with Crippen molar-refractivity contribution in [1.82, 2.24) is 0 Å². The summed E-state index contributed by atoms with van der Waals surface area (Å²) in [6.07, 6.45) is 0. The number of amides is 2. The van der Waals surface area contributed by atoms with Gasteiger partial charge in [-0.2, -0.15) is 0 Å². The third-order valence-corrected chi connectivity index (χ3v) is 5.11. The molecule has 3 aromatic rings. The fourth-order valence-electron chi connectivity index (χ4n) is 3.06. The molecule has 0 spiro atoms. The molecule has 0 aliphatic carbocycles. The van der Waals surface area contributed by atoms with Gasteiger partial charge in [0, 0.05) is 9.75 Å². The maximum atomic E-state index is 12.7. The van der Waals surface area contributed by atoms with Crippen molar-refractivity contribution in [1.29, 1.82) is 0 Å². The Bertz CT molecular complexity index is 918. The van der Waals surface area contributed by atoms with Gasteiger partial charge in [0.05, 0.1) is 16.8 Å². The van der Waals surface area contributed by atoms with Crippen LogP contribution in [0, 0.1) is 13.8 Å². The second kappa shape index (κ2) is 4.52. The monoisotopic (exact) mass is 307 g/mol. The Morgan fingerprint density at radius 2 is 1.41 bits per heavy atom. The molecule has 3 nitrogen and oxygen atoms in total. The van der Waals surface area contributed by atoms with Crippen LogP contribution in [0.3, 0.4) is 0 Å². The standard InChI is InChI=1S/C18H13NO2S/c1-10-15-16(11(2)22-10)18(21)19(17(15)20)14-8-7-12-5-3-4-6-13(12)9-14/h3-9H,1-2H3. The zero-order chi connectivity index (χ0) is 15.4. The van der Waals surface area contributed by atoms with Crippen LogP contribution >= 0.6 is 11.3 Å². The highest BCUT2D eigenvalue weighted by Crippen LogP contribution is 2.37. The Labute approximate surface area is 131 Å². The molecule has 0 N–H and O–H groups in total. The van der Waals surface area contributed by atoms with Gasteiger partial charge in [0.2, 0.25) is 0 Å². The molecular formula is C18H13NO2S. The Hall–Kier alpha value is -2.46. The molecule has 0 saturated heterocycles. The van der Waals surface area contributed by atoms with Crippen molar-refractivity contribution in [2.45, 2.75) is 13.8 Å². The van der Waals surface area contributed by atoms with E-state index in [9.17, 15) is 9.59 Å². The van der Waals surface area contributed by atoms with E-state index in [1.807, 2.05) is 56.3 Å². The number of benzene rings is 2. The van der Waals surface area contributed by atoms with E-state index in [1.165, 1.54) is 16.2 Å². The lowest BCUT2D eigenvalue weighted by Crippen LogP contribution is -2.29. The number of carbonyl (C=O) groups is 2. The highest BCUT2D eigenvalue weighted by molar-refractivity contribution is 7.12. The lowest BCUT2D eigenvalue weighted by atomic mass is 10.1. The van der Waals surface area contributed by atoms with Gasteiger partial charge >= 0.3 is 0 Å². The predicted molar refractivity (Wildman–Crippen MR) is 88.9 cm³/mol. The van der Waals surface area contributed by atoms with Gasteiger partial charge in [-0.25, -0.2) is 4.90 Å². The maximum Gasteiger partial charge on any atom is 0.267 e. The summed E-state index contributed by atoms with van der Waals surface area (Å²) in [5.74, 6) is -0.422. The lowest BCUT2D eigenvalue weighted by molar-refractivity contribution is 0.0926. The summed E-state index contributed by atoms with van der Waals surface area (Å²) in [7, 11) is 0. The number of rotatable bonds is 1. The molecule has 0 radical (unpaired) electrons. The minimum atomic E-state index is -0.211. The number of hydrogen-bond donors (Lipinski definition) is 0. The minimum Gasteiger partial charge on any atom is -0.268 e. The first-order chi connectivity index (χ1) is 10.6. The summed E-state index contributed by atoms with van der Waals surface area (Å²) in [6, 6.07) is 13.6. The molecule has 1 aromatic heterocycles. The Balaban J connectivity index is 1.88. The van der Waals surface area contributed by atoms with Crippen LogP contribution in [0.25, 0.3) is 10.8 Å². The van der Waals surface area contributed by atoms with Crippen LogP contribution in [0.15, 0.2) is 42.5 Å². The first-order valence-electron chi connectivity index (χ1n) is 7.05. The van der Waals surface area contributed by atoms with Gasteiger partial charge in [0.25, 0.3) is 11.8 Å². The predicted octanol–water partition coefficient (Wildman–Crippen LogP) is 4.32. The molecule has 1 aliphatic heterocycles. The molecule has 0 unspecified atom stereocenters. The Kier molecular flexibility index (Phi) is 2.71. The van der Waals surface area contributed by atoms with E-state index in [-0.39, 0.29) is 11.8 Å². The van der Waals surface area contributed by atoms with Crippen molar-refractivity contribution in [3.05, 3.63) is 63.3 Å². The van der Waals surface area contributed by atoms with E-state index >= 15 is 0 Å². The number of fused-ring (bicyclic) bond motifs is 2. The molecule has 2 aromatic carbocycles. The molecule has 0 bridgehead atoms. The minimum absolute atomic E-state index is 0.211. The maximum absolute atomic E-state index is 12.7. The second-order valence-electron chi connectivity index (χ2n) is 5.44. The first kappa shape index (κ1) is 13.2. The molecule has 4 heteroatoms. The van der Waals surface area contributed by atoms with Crippen molar-refractivity contribution in [3.8, 4) is 0 Å². The van der Waals surface area contributed by atoms with E-state index < -0.39 is 0 Å². The van der Waals surface area contributed by atoms with E-state index in [2.05, 4.69) is 0 Å². The van der Waals surface area contributed by atoms with Crippen molar-refractivity contribution in [2.24, 2.45) is 0 Å². The fourth-order valence-corrected chi connectivity index (χ4v) is 4.11. The topological polar surface area (TPSA) is 37.4 Å². The Morgan fingerprint density at radius 1 is 0.818 bits per heavy atom. The van der Waals surface area contributed by atoms with Gasteiger partial charge in [-0.05, 0) is 36.8 Å². The third-order valence-electron chi connectivity index (χ3n) is 4.09. The second-order valence-corrected chi connectivity index (χ2v) is 6.87. The fraction of sp³-hybridized carbons (Fsp3) is 0.111. The van der Waals surface area contributed by atoms with Crippen molar-refractivity contribution in [3.63, 3.8) is 0 Å². The quantitative estimate of drug-likeness (QED) is 0.628. The smallest absolute Gasteiger partial charge is 0.267 e. The number of hydrogen-bond acceptors (Lipinski definition) is 3. The molecule has 0 atom stereocenters. The van der Waals surface area contributed by atoms with E-state index in [1.54, 1.807) is 0 Å².